The number of hydrogen-bond donors (Lipinski definition) is 0. The Balaban J connectivity index is 1.10. The van der Waals surface area contributed by atoms with Crippen LogP contribution in [0.4, 0.5) is 0 Å². The number of ether oxygens (including phenoxy) is 4. The molecule has 3 aromatic carbocycles. The SMILES string of the molecule is COc1cc(C(=O)OCCN2CCN(CC/C=C3/c4ccccc4CSc4ccccc43)CC2)cc(OC)c1OC. The van der Waals surface area contributed by atoms with Gasteiger partial charge in [0.2, 0.25) is 5.75 Å². The highest BCUT2D eigenvalue weighted by Gasteiger charge is 2.21. The zero-order valence-electron chi connectivity index (χ0n) is 24.1. The third-order valence-corrected chi connectivity index (χ3v) is 8.79. The Morgan fingerprint density at radius 3 is 2.15 bits per heavy atom. The Morgan fingerprint density at radius 2 is 1.46 bits per heavy atom. The lowest BCUT2D eigenvalue weighted by molar-refractivity contribution is 0.0423. The minimum atomic E-state index is -0.406. The van der Waals surface area contributed by atoms with Crippen LogP contribution in [0.15, 0.2) is 71.6 Å². The molecule has 0 bridgehead atoms. The van der Waals surface area contributed by atoms with Crippen molar-refractivity contribution < 1.29 is 23.7 Å². The second kappa shape index (κ2) is 13.9. The second-order valence-electron chi connectivity index (χ2n) is 10.1. The minimum Gasteiger partial charge on any atom is -0.493 e. The quantitative estimate of drug-likeness (QED) is 0.290. The molecule has 41 heavy (non-hydrogen) atoms. The summed E-state index contributed by atoms with van der Waals surface area (Å²) in [4.78, 5) is 18.9. The Kier molecular flexibility index (Phi) is 9.88. The van der Waals surface area contributed by atoms with E-state index < -0.39 is 5.97 Å². The lowest BCUT2D eigenvalue weighted by Crippen LogP contribution is -2.47. The van der Waals surface area contributed by atoms with E-state index >= 15 is 0 Å². The van der Waals surface area contributed by atoms with E-state index in [0.29, 0.717) is 36.0 Å². The van der Waals surface area contributed by atoms with Crippen molar-refractivity contribution in [2.24, 2.45) is 0 Å². The number of benzene rings is 3. The molecular formula is C33H38N2O5S. The Bertz CT molecular complexity index is 1310. The number of hydrogen-bond acceptors (Lipinski definition) is 8. The van der Waals surface area contributed by atoms with Gasteiger partial charge < -0.3 is 23.8 Å². The Labute approximate surface area is 247 Å². The molecule has 0 N–H and O–H groups in total. The van der Waals surface area contributed by atoms with Gasteiger partial charge in [-0.25, -0.2) is 4.79 Å². The molecule has 8 heteroatoms. The minimum absolute atomic E-state index is 0.332. The van der Waals surface area contributed by atoms with Crippen molar-refractivity contribution in [1.82, 2.24) is 9.80 Å². The molecule has 1 fully saturated rings. The standard InChI is InChI=1S/C33H38N2O5S/c1-37-29-21-25(22-30(38-2)32(29)39-3)33(36)40-20-19-35-17-15-34(16-18-35)14-8-12-27-26-10-5-4-9-24(26)23-41-31-13-7-6-11-28(27)31/h4-7,9-13,21-22H,8,14-20,23H2,1-3H3/b27-12-. The van der Waals surface area contributed by atoms with Gasteiger partial charge in [-0.05, 0) is 46.9 Å². The highest BCUT2D eigenvalue weighted by atomic mass is 32.2. The second-order valence-corrected chi connectivity index (χ2v) is 11.1. The summed E-state index contributed by atoms with van der Waals surface area (Å²) in [6, 6.07) is 20.8. The maximum Gasteiger partial charge on any atom is 0.338 e. The summed E-state index contributed by atoms with van der Waals surface area (Å²) in [5, 5.41) is 0. The molecule has 7 nitrogen and oxygen atoms in total. The van der Waals surface area contributed by atoms with Gasteiger partial charge in [0.25, 0.3) is 0 Å². The average Bonchev–Trinajstić information content (AvgIpc) is 3.18. The lowest BCUT2D eigenvalue weighted by atomic mass is 9.93. The number of thioether (sulfide) groups is 1. The molecule has 3 aromatic rings. The van der Waals surface area contributed by atoms with Gasteiger partial charge in [0.15, 0.2) is 11.5 Å². The van der Waals surface area contributed by atoms with Crippen LogP contribution in [0.2, 0.25) is 0 Å². The summed E-state index contributed by atoms with van der Waals surface area (Å²) in [6.45, 7) is 6.00. The molecule has 0 spiro atoms. The summed E-state index contributed by atoms with van der Waals surface area (Å²) in [6.07, 6.45) is 3.44. The predicted octanol–water partition coefficient (Wildman–Crippen LogP) is 5.61. The fourth-order valence-corrected chi connectivity index (χ4v) is 6.49. The van der Waals surface area contributed by atoms with Gasteiger partial charge in [0.05, 0.1) is 26.9 Å². The summed E-state index contributed by atoms with van der Waals surface area (Å²) in [7, 11) is 4.58. The molecule has 0 saturated carbocycles. The van der Waals surface area contributed by atoms with Crippen LogP contribution >= 0.6 is 11.8 Å². The first-order valence-corrected chi connectivity index (χ1v) is 15.0. The Morgan fingerprint density at radius 1 is 0.829 bits per heavy atom. The maximum atomic E-state index is 12.7. The molecule has 0 unspecified atom stereocenters. The summed E-state index contributed by atoms with van der Waals surface area (Å²) in [5.74, 6) is 1.90. The van der Waals surface area contributed by atoms with Crippen molar-refractivity contribution in [1.29, 1.82) is 0 Å². The van der Waals surface area contributed by atoms with E-state index in [2.05, 4.69) is 64.4 Å². The highest BCUT2D eigenvalue weighted by molar-refractivity contribution is 7.98. The third-order valence-electron chi connectivity index (χ3n) is 7.67. The number of nitrogens with zero attached hydrogens (tertiary/aromatic N) is 2. The first kappa shape index (κ1) is 29.0. The molecule has 2 heterocycles. The van der Waals surface area contributed by atoms with E-state index in [1.54, 1.807) is 12.1 Å². The first-order valence-electron chi connectivity index (χ1n) is 14.0. The van der Waals surface area contributed by atoms with Crippen LogP contribution in [0.1, 0.15) is 33.5 Å². The summed E-state index contributed by atoms with van der Waals surface area (Å²) in [5.41, 5.74) is 5.83. The number of rotatable bonds is 10. The van der Waals surface area contributed by atoms with Crippen LogP contribution in [0.3, 0.4) is 0 Å². The van der Waals surface area contributed by atoms with Gasteiger partial charge in [-0.15, -0.1) is 11.8 Å². The molecule has 0 aliphatic carbocycles. The fraction of sp³-hybridized carbons (Fsp3) is 0.364. The molecule has 0 aromatic heterocycles. The number of esters is 1. The van der Waals surface area contributed by atoms with E-state index in [4.69, 9.17) is 18.9 Å². The maximum absolute atomic E-state index is 12.7. The monoisotopic (exact) mass is 574 g/mol. The molecule has 2 aliphatic heterocycles. The van der Waals surface area contributed by atoms with Crippen molar-refractivity contribution in [3.8, 4) is 17.2 Å². The summed E-state index contributed by atoms with van der Waals surface area (Å²) < 4.78 is 21.6. The third kappa shape index (κ3) is 6.89. The van der Waals surface area contributed by atoms with Gasteiger partial charge in [-0.3, -0.25) is 4.90 Å². The molecule has 2 aliphatic rings. The van der Waals surface area contributed by atoms with Crippen molar-refractivity contribution in [3.63, 3.8) is 0 Å². The average molecular weight is 575 g/mol. The van der Waals surface area contributed by atoms with Gasteiger partial charge >= 0.3 is 5.97 Å². The first-order chi connectivity index (χ1) is 20.1. The van der Waals surface area contributed by atoms with E-state index in [-0.39, 0.29) is 0 Å². The Hall–Kier alpha value is -3.46. The zero-order valence-corrected chi connectivity index (χ0v) is 24.9. The van der Waals surface area contributed by atoms with Gasteiger partial charge in [0.1, 0.15) is 6.61 Å². The van der Waals surface area contributed by atoms with E-state index in [0.717, 1.165) is 44.9 Å². The van der Waals surface area contributed by atoms with Crippen molar-refractivity contribution in [2.75, 3.05) is 67.2 Å². The van der Waals surface area contributed by atoms with E-state index in [1.165, 1.54) is 48.5 Å². The van der Waals surface area contributed by atoms with Crippen LogP contribution in [0.25, 0.3) is 5.57 Å². The molecule has 0 amide bonds. The van der Waals surface area contributed by atoms with Crippen molar-refractivity contribution in [2.45, 2.75) is 17.1 Å². The zero-order chi connectivity index (χ0) is 28.6. The molecule has 0 radical (unpaired) electrons. The van der Waals surface area contributed by atoms with Gasteiger partial charge in [-0.2, -0.15) is 0 Å². The van der Waals surface area contributed by atoms with Gasteiger partial charge in [-0.1, -0.05) is 48.5 Å². The largest absolute Gasteiger partial charge is 0.493 e. The van der Waals surface area contributed by atoms with Crippen LogP contribution in [0, 0.1) is 0 Å². The fourth-order valence-electron chi connectivity index (χ4n) is 5.42. The normalized spacial score (nSPS) is 16.4. The predicted molar refractivity (Wildman–Crippen MR) is 163 cm³/mol. The molecule has 1 saturated heterocycles. The number of piperazine rings is 1. The van der Waals surface area contributed by atoms with Crippen LogP contribution in [-0.4, -0.2) is 83.0 Å². The van der Waals surface area contributed by atoms with Crippen LogP contribution in [-0.2, 0) is 10.5 Å². The molecule has 216 valence electrons. The smallest absolute Gasteiger partial charge is 0.338 e. The number of fused-ring (bicyclic) bond motifs is 2. The lowest BCUT2D eigenvalue weighted by Gasteiger charge is -2.34. The van der Waals surface area contributed by atoms with Crippen LogP contribution in [0.5, 0.6) is 17.2 Å². The molecule has 0 atom stereocenters. The molecule has 5 rings (SSSR count). The summed E-state index contributed by atoms with van der Waals surface area (Å²) >= 11 is 1.92. The highest BCUT2D eigenvalue weighted by Crippen LogP contribution is 2.40. The number of carbonyl (C=O) groups excluding carboxylic acids is 1. The van der Waals surface area contributed by atoms with Crippen molar-refractivity contribution in [3.05, 3.63) is 89.0 Å². The van der Waals surface area contributed by atoms with Gasteiger partial charge in [0, 0.05) is 49.9 Å². The van der Waals surface area contributed by atoms with E-state index in [1.807, 2.05) is 11.8 Å². The molecular weight excluding hydrogens is 536 g/mol. The number of methoxy groups -OCH3 is 3. The van der Waals surface area contributed by atoms with Crippen molar-refractivity contribution >= 4 is 23.3 Å². The number of carbonyl (C=O) groups is 1. The van der Waals surface area contributed by atoms with Crippen LogP contribution < -0.4 is 14.2 Å². The van der Waals surface area contributed by atoms with E-state index in [9.17, 15) is 4.79 Å². The topological polar surface area (TPSA) is 60.5 Å².